The number of ether oxygens (including phenoxy) is 3. The molecule has 0 radical (unpaired) electrons. The number of nitrogens with one attached hydrogen (secondary N) is 3. The number of hydrogen-bond acceptors (Lipinski definition) is 10. The summed E-state index contributed by atoms with van der Waals surface area (Å²) >= 11 is 2.55. The summed E-state index contributed by atoms with van der Waals surface area (Å²) in [6, 6.07) is 22.7. The molecule has 1 unspecified atom stereocenters. The minimum Gasteiger partial charge on any atom is -0.497 e. The van der Waals surface area contributed by atoms with Gasteiger partial charge < -0.3 is 35.1 Å². The summed E-state index contributed by atoms with van der Waals surface area (Å²) in [6.45, 7) is 7.89. The van der Waals surface area contributed by atoms with Gasteiger partial charge in [-0.3, -0.25) is 14.4 Å². The molecule has 0 bridgehead atoms. The van der Waals surface area contributed by atoms with Gasteiger partial charge in [0.15, 0.2) is 0 Å². The van der Waals surface area contributed by atoms with Crippen LogP contribution in [0.5, 0.6) is 5.75 Å². The lowest BCUT2D eigenvalue weighted by Crippen LogP contribution is -2.39. The Kier molecular flexibility index (Phi) is 13.4. The summed E-state index contributed by atoms with van der Waals surface area (Å²) in [7, 11) is 2.85. The molecule has 3 N–H and O–H groups in total. The first-order chi connectivity index (χ1) is 26.3. The predicted molar refractivity (Wildman–Crippen MR) is 215 cm³/mol. The highest BCUT2D eigenvalue weighted by molar-refractivity contribution is 8.00. The zero-order chi connectivity index (χ0) is 39.7. The van der Waals surface area contributed by atoms with E-state index in [4.69, 9.17) is 14.2 Å². The minimum absolute atomic E-state index is 0.0251. The number of carbonyl (C=O) groups is 5. The Morgan fingerprint density at radius 2 is 1.67 bits per heavy atom. The van der Waals surface area contributed by atoms with E-state index < -0.39 is 34.7 Å². The van der Waals surface area contributed by atoms with Gasteiger partial charge in [0.2, 0.25) is 5.91 Å². The van der Waals surface area contributed by atoms with Crippen molar-refractivity contribution in [2.24, 2.45) is 0 Å². The molecule has 55 heavy (non-hydrogen) atoms. The number of amides is 4. The van der Waals surface area contributed by atoms with Crippen molar-refractivity contribution in [2.45, 2.75) is 62.8 Å². The van der Waals surface area contributed by atoms with Gasteiger partial charge in [0.1, 0.15) is 22.0 Å². The standard InChI is InChI=1S/C41H44N4O8S2/c1-7-32(37(48)44-38-34(39(49)52-6)30-20-21-45(24-33(30)55-38)40(50)53-41(2,3)4)54-29-15-11-14-27(23-29)42-36(47)31(22-25-16-18-28(51-5)19-17-25)43-35(46)26-12-9-8-10-13-26/h8-19,22-23,32H,7,20-21,24H2,1-6H3,(H,42,47)(H,43,46)(H,44,48)/b31-22+. The van der Waals surface area contributed by atoms with Gasteiger partial charge in [-0.25, -0.2) is 9.59 Å². The molecule has 0 fully saturated rings. The molecule has 1 aliphatic rings. The maximum absolute atomic E-state index is 13.8. The van der Waals surface area contributed by atoms with Crippen LogP contribution >= 0.6 is 23.1 Å². The van der Waals surface area contributed by atoms with Gasteiger partial charge in [-0.05, 0) is 93.3 Å². The molecule has 0 saturated carbocycles. The molecule has 3 aromatic carbocycles. The van der Waals surface area contributed by atoms with Crippen LogP contribution in [0.25, 0.3) is 6.08 Å². The summed E-state index contributed by atoms with van der Waals surface area (Å²) in [5.74, 6) is -1.23. The fraction of sp³-hybridized carbons (Fsp3) is 0.293. The molecule has 12 nitrogen and oxygen atoms in total. The number of fused-ring (bicyclic) bond motifs is 1. The first kappa shape index (κ1) is 40.6. The zero-order valence-electron chi connectivity index (χ0n) is 31.5. The number of esters is 1. The zero-order valence-corrected chi connectivity index (χ0v) is 33.2. The van der Waals surface area contributed by atoms with Crippen molar-refractivity contribution in [3.63, 3.8) is 0 Å². The van der Waals surface area contributed by atoms with E-state index in [1.54, 1.807) is 112 Å². The lowest BCUT2D eigenvalue weighted by atomic mass is 10.0. The van der Waals surface area contributed by atoms with Gasteiger partial charge in [-0.1, -0.05) is 43.3 Å². The predicted octanol–water partition coefficient (Wildman–Crippen LogP) is 7.76. The van der Waals surface area contributed by atoms with E-state index in [9.17, 15) is 24.0 Å². The van der Waals surface area contributed by atoms with E-state index in [1.165, 1.54) is 30.2 Å². The Bertz CT molecular complexity index is 2070. The minimum atomic E-state index is -0.654. The van der Waals surface area contributed by atoms with Gasteiger partial charge >= 0.3 is 12.1 Å². The van der Waals surface area contributed by atoms with Crippen LogP contribution in [-0.4, -0.2) is 66.3 Å². The molecule has 0 aliphatic carbocycles. The second kappa shape index (κ2) is 18.2. The quantitative estimate of drug-likeness (QED) is 0.0744. The van der Waals surface area contributed by atoms with Crippen molar-refractivity contribution in [1.29, 1.82) is 0 Å². The summed E-state index contributed by atoms with van der Waals surface area (Å²) in [6.07, 6.45) is 1.99. The monoisotopic (exact) mass is 784 g/mol. The Morgan fingerprint density at radius 3 is 2.33 bits per heavy atom. The number of carbonyl (C=O) groups excluding carboxylic acids is 5. The maximum atomic E-state index is 13.8. The van der Waals surface area contributed by atoms with Crippen LogP contribution in [0, 0.1) is 0 Å². The van der Waals surface area contributed by atoms with Crippen LogP contribution in [0.1, 0.15) is 70.8 Å². The van der Waals surface area contributed by atoms with Crippen LogP contribution < -0.4 is 20.7 Å². The average molecular weight is 785 g/mol. The second-order valence-electron chi connectivity index (χ2n) is 13.5. The van der Waals surface area contributed by atoms with Gasteiger partial charge in [-0.2, -0.15) is 0 Å². The molecule has 14 heteroatoms. The average Bonchev–Trinajstić information content (AvgIpc) is 3.53. The van der Waals surface area contributed by atoms with Crippen molar-refractivity contribution in [1.82, 2.24) is 10.2 Å². The van der Waals surface area contributed by atoms with E-state index >= 15 is 0 Å². The Hall–Kier alpha value is -5.60. The summed E-state index contributed by atoms with van der Waals surface area (Å²) in [5, 5.41) is 8.37. The highest BCUT2D eigenvalue weighted by atomic mass is 32.2. The Labute approximate surface area is 328 Å². The third-order valence-corrected chi connectivity index (χ3v) is 10.8. The van der Waals surface area contributed by atoms with Crippen molar-refractivity contribution < 1.29 is 38.2 Å². The Morgan fingerprint density at radius 1 is 0.945 bits per heavy atom. The topological polar surface area (TPSA) is 152 Å². The van der Waals surface area contributed by atoms with Gasteiger partial charge in [0.05, 0.1) is 31.6 Å². The number of rotatable bonds is 12. The third-order valence-electron chi connectivity index (χ3n) is 8.32. The second-order valence-corrected chi connectivity index (χ2v) is 15.9. The highest BCUT2D eigenvalue weighted by Gasteiger charge is 2.33. The van der Waals surface area contributed by atoms with E-state index in [1.807, 2.05) is 13.0 Å². The molecule has 0 saturated heterocycles. The van der Waals surface area contributed by atoms with Crippen LogP contribution in [0.3, 0.4) is 0 Å². The number of nitrogens with zero attached hydrogens (tertiary/aromatic N) is 1. The number of methoxy groups -OCH3 is 2. The summed E-state index contributed by atoms with van der Waals surface area (Å²) in [5.41, 5.74) is 1.92. The molecule has 2 heterocycles. The van der Waals surface area contributed by atoms with Crippen LogP contribution in [0.4, 0.5) is 15.5 Å². The Balaban J connectivity index is 1.31. The summed E-state index contributed by atoms with van der Waals surface area (Å²) in [4.78, 5) is 69.3. The number of thiophene rings is 1. The van der Waals surface area contributed by atoms with Crippen LogP contribution in [0.15, 0.2) is 89.5 Å². The van der Waals surface area contributed by atoms with Crippen LogP contribution in [-0.2, 0) is 32.0 Å². The molecule has 0 spiro atoms. The molecule has 1 aromatic heterocycles. The molecule has 4 aromatic rings. The van der Waals surface area contributed by atoms with E-state index in [2.05, 4.69) is 16.0 Å². The lowest BCUT2D eigenvalue weighted by molar-refractivity contribution is -0.116. The molecule has 1 atom stereocenters. The van der Waals surface area contributed by atoms with Gasteiger partial charge in [0.25, 0.3) is 11.8 Å². The maximum Gasteiger partial charge on any atom is 0.410 e. The van der Waals surface area contributed by atoms with E-state index in [-0.39, 0.29) is 18.1 Å². The highest BCUT2D eigenvalue weighted by Crippen LogP contribution is 2.39. The largest absolute Gasteiger partial charge is 0.497 e. The third kappa shape index (κ3) is 10.8. The fourth-order valence-electron chi connectivity index (χ4n) is 5.63. The molecule has 1 aliphatic heterocycles. The number of hydrogen-bond donors (Lipinski definition) is 3. The fourth-order valence-corrected chi connectivity index (χ4v) is 7.89. The molecule has 288 valence electrons. The first-order valence-corrected chi connectivity index (χ1v) is 19.3. The van der Waals surface area contributed by atoms with E-state index in [0.29, 0.717) is 57.4 Å². The van der Waals surface area contributed by atoms with Crippen LogP contribution in [0.2, 0.25) is 0 Å². The molecular formula is C41H44N4O8S2. The van der Waals surface area contributed by atoms with Crippen molar-refractivity contribution in [2.75, 3.05) is 31.4 Å². The van der Waals surface area contributed by atoms with E-state index in [0.717, 1.165) is 10.4 Å². The van der Waals surface area contributed by atoms with Gasteiger partial charge in [-0.15, -0.1) is 23.1 Å². The van der Waals surface area contributed by atoms with Crippen molar-refractivity contribution in [3.8, 4) is 5.75 Å². The lowest BCUT2D eigenvalue weighted by Gasteiger charge is -2.30. The normalized spacial score (nSPS) is 13.2. The smallest absolute Gasteiger partial charge is 0.410 e. The number of benzene rings is 3. The molecule has 4 amide bonds. The SMILES string of the molecule is CCC(Sc1cccc(NC(=O)/C(=C\c2ccc(OC)cc2)NC(=O)c2ccccc2)c1)C(=O)Nc1sc2c(c1C(=O)OC)CCN(C(=O)OC(C)(C)C)C2. The molecule has 5 rings (SSSR count). The van der Waals surface area contributed by atoms with Crippen molar-refractivity contribution in [3.05, 3.63) is 112 Å². The number of anilines is 2. The molecular weight excluding hydrogens is 741 g/mol. The van der Waals surface area contributed by atoms with Gasteiger partial charge in [0, 0.05) is 27.6 Å². The number of thioether (sulfide) groups is 1. The first-order valence-electron chi connectivity index (χ1n) is 17.6. The van der Waals surface area contributed by atoms with Crippen molar-refractivity contribution >= 4 is 69.6 Å². The summed E-state index contributed by atoms with van der Waals surface area (Å²) < 4.78 is 15.9.